The Balaban J connectivity index is 1.61. The summed E-state index contributed by atoms with van der Waals surface area (Å²) in [6, 6.07) is 19.3. The molecule has 9 heteroatoms. The van der Waals surface area contributed by atoms with E-state index in [1.54, 1.807) is 16.8 Å². The molecule has 0 fully saturated rings. The number of hydrogen-bond acceptors (Lipinski definition) is 7. The maximum Gasteiger partial charge on any atom is 0.325 e. The minimum absolute atomic E-state index is 0.0895. The molecule has 2 heterocycles. The smallest absolute Gasteiger partial charge is 0.325 e. The third-order valence-corrected chi connectivity index (χ3v) is 6.83. The average Bonchev–Trinajstić information content (AvgIpc) is 2.88. The van der Waals surface area contributed by atoms with E-state index in [1.807, 2.05) is 31.2 Å². The molecule has 1 aromatic heterocycles. The summed E-state index contributed by atoms with van der Waals surface area (Å²) in [6.45, 7) is 2.05. The largest absolute Gasteiger partial charge is 0.502 e. The van der Waals surface area contributed by atoms with E-state index in [-0.39, 0.29) is 22.8 Å². The Bertz CT molecular complexity index is 1430. The molecule has 1 atom stereocenters. The molecule has 0 unspecified atom stereocenters. The van der Waals surface area contributed by atoms with Gasteiger partial charge in [-0.05, 0) is 41.4 Å². The maximum atomic E-state index is 13.3. The molecule has 0 radical (unpaired) electrons. The molecule has 35 heavy (non-hydrogen) atoms. The summed E-state index contributed by atoms with van der Waals surface area (Å²) in [4.78, 5) is 16.3. The van der Waals surface area contributed by atoms with Gasteiger partial charge in [0.15, 0.2) is 11.5 Å². The van der Waals surface area contributed by atoms with Gasteiger partial charge in [-0.25, -0.2) is 0 Å². The number of fused-ring (bicyclic) bond motifs is 3. The normalized spacial score (nSPS) is 14.0. The van der Waals surface area contributed by atoms with Crippen molar-refractivity contribution in [3.8, 4) is 28.5 Å². The van der Waals surface area contributed by atoms with E-state index in [2.05, 4.69) is 34.6 Å². The van der Waals surface area contributed by atoms with Crippen LogP contribution in [0.4, 0.5) is 5.69 Å². The lowest BCUT2D eigenvalue weighted by atomic mass is 10.0. The van der Waals surface area contributed by atoms with Crippen LogP contribution in [-0.4, -0.2) is 29.4 Å². The van der Waals surface area contributed by atoms with Crippen molar-refractivity contribution in [2.24, 2.45) is 0 Å². The fourth-order valence-corrected chi connectivity index (χ4v) is 4.89. The van der Waals surface area contributed by atoms with Crippen molar-refractivity contribution in [3.05, 3.63) is 87.7 Å². The highest BCUT2D eigenvalue weighted by Gasteiger charge is 2.38. The van der Waals surface area contributed by atoms with Crippen LogP contribution in [0.5, 0.6) is 17.2 Å². The van der Waals surface area contributed by atoms with E-state index in [0.29, 0.717) is 22.2 Å². The summed E-state index contributed by atoms with van der Waals surface area (Å²) < 4.78 is 12.4. The first-order chi connectivity index (χ1) is 17.0. The molecule has 1 aliphatic rings. The summed E-state index contributed by atoms with van der Waals surface area (Å²) in [5.74, 6) is 1.10. The number of ether oxygens (including phenoxy) is 2. The summed E-state index contributed by atoms with van der Waals surface area (Å²) in [5.41, 5.74) is 4.81. The molecule has 5 rings (SSSR count). The van der Waals surface area contributed by atoms with Crippen LogP contribution in [0.3, 0.4) is 0 Å². The number of aryl methyl sites for hydroxylation is 1. The van der Waals surface area contributed by atoms with Gasteiger partial charge in [-0.2, -0.15) is 0 Å². The number of nitrogens with zero attached hydrogens (tertiary/aromatic N) is 2. The van der Waals surface area contributed by atoms with Gasteiger partial charge in [0.1, 0.15) is 0 Å². The summed E-state index contributed by atoms with van der Waals surface area (Å²) >= 11 is 1.46. The number of aromatic nitrogens is 3. The van der Waals surface area contributed by atoms with Gasteiger partial charge in [0, 0.05) is 10.9 Å². The second-order valence-electron chi connectivity index (χ2n) is 8.19. The summed E-state index contributed by atoms with van der Waals surface area (Å²) in [7, 11) is 2.96. The van der Waals surface area contributed by atoms with Crippen molar-refractivity contribution in [2.45, 2.75) is 24.0 Å². The lowest BCUT2D eigenvalue weighted by Gasteiger charge is -2.23. The van der Waals surface area contributed by atoms with Crippen molar-refractivity contribution in [3.63, 3.8) is 0 Å². The Morgan fingerprint density at radius 3 is 2.43 bits per heavy atom. The topological polar surface area (TPSA) is 100 Å². The molecule has 3 N–H and O–H groups in total. The zero-order chi connectivity index (χ0) is 24.5. The number of benzene rings is 3. The fourth-order valence-electron chi connectivity index (χ4n) is 4.09. The maximum absolute atomic E-state index is 13.3. The highest BCUT2D eigenvalue weighted by molar-refractivity contribution is 7.98. The van der Waals surface area contributed by atoms with Gasteiger partial charge in [0.05, 0.1) is 31.0 Å². The number of hydrogen-bond donors (Lipinski definition) is 3. The minimum atomic E-state index is -0.538. The van der Waals surface area contributed by atoms with E-state index >= 15 is 0 Å². The average molecular weight is 490 g/mol. The standard InChI is InChI=1S/C26H24N4O4S/c1-15-8-10-16(11-9-15)14-35-26-28-25(32)22-18-6-4-5-7-19(18)27-24(30(22)29-26)17-12-20(33-2)23(31)21(13-17)34-3/h4-13,24H,14H2,1-3H3,(H2,28,29,31,32)/p+1/t24-/m1/s1. The number of thioether (sulfide) groups is 1. The minimum Gasteiger partial charge on any atom is -0.502 e. The Morgan fingerprint density at radius 1 is 1.06 bits per heavy atom. The van der Waals surface area contributed by atoms with Crippen molar-refractivity contribution >= 4 is 17.4 Å². The van der Waals surface area contributed by atoms with Crippen LogP contribution in [0, 0.1) is 6.92 Å². The molecule has 3 aromatic carbocycles. The number of H-pyrrole nitrogens is 1. The van der Waals surface area contributed by atoms with Gasteiger partial charge >= 0.3 is 11.3 Å². The van der Waals surface area contributed by atoms with Crippen LogP contribution in [0.15, 0.2) is 70.6 Å². The lowest BCUT2D eigenvalue weighted by molar-refractivity contribution is -0.759. The van der Waals surface area contributed by atoms with Crippen LogP contribution >= 0.6 is 11.8 Å². The predicted molar refractivity (Wildman–Crippen MR) is 134 cm³/mol. The SMILES string of the molecule is COc1cc([C@@H]2Nc3ccccc3-c3c(=O)[nH]c(SCc4ccc(C)cc4)n[n+]32)cc(OC)c1O. The fraction of sp³-hybridized carbons (Fsp3) is 0.192. The molecular weight excluding hydrogens is 464 g/mol. The first kappa shape index (κ1) is 22.8. The van der Waals surface area contributed by atoms with Gasteiger partial charge in [-0.15, -0.1) is 0 Å². The van der Waals surface area contributed by atoms with Gasteiger partial charge in [-0.1, -0.05) is 53.7 Å². The molecule has 0 spiro atoms. The van der Waals surface area contributed by atoms with Crippen molar-refractivity contribution in [2.75, 3.05) is 19.5 Å². The van der Waals surface area contributed by atoms with Crippen LogP contribution in [0.1, 0.15) is 22.9 Å². The Kier molecular flexibility index (Phi) is 6.08. The van der Waals surface area contributed by atoms with Gasteiger partial charge in [-0.3, -0.25) is 9.78 Å². The number of phenols is 1. The highest BCUT2D eigenvalue weighted by Crippen LogP contribution is 2.40. The molecule has 0 amide bonds. The molecule has 178 valence electrons. The third kappa shape index (κ3) is 4.30. The number of phenolic OH excluding ortho intramolecular Hbond substituents is 1. The number of aromatic amines is 1. The van der Waals surface area contributed by atoms with Crippen LogP contribution in [0.25, 0.3) is 11.3 Å². The monoisotopic (exact) mass is 489 g/mol. The third-order valence-electron chi connectivity index (χ3n) is 5.90. The molecule has 0 aliphatic carbocycles. The predicted octanol–water partition coefficient (Wildman–Crippen LogP) is 4.02. The number of para-hydroxylation sites is 1. The second-order valence-corrected chi connectivity index (χ2v) is 9.16. The highest BCUT2D eigenvalue weighted by atomic mass is 32.2. The zero-order valence-corrected chi connectivity index (χ0v) is 20.3. The molecule has 0 saturated heterocycles. The molecule has 0 saturated carbocycles. The van der Waals surface area contributed by atoms with Crippen molar-refractivity contribution in [1.82, 2.24) is 10.1 Å². The van der Waals surface area contributed by atoms with E-state index in [1.165, 1.54) is 31.5 Å². The van der Waals surface area contributed by atoms with E-state index in [9.17, 15) is 9.90 Å². The molecule has 0 bridgehead atoms. The van der Waals surface area contributed by atoms with Gasteiger partial charge in [0.2, 0.25) is 10.9 Å². The Hall–Kier alpha value is -3.98. The van der Waals surface area contributed by atoms with E-state index < -0.39 is 6.17 Å². The van der Waals surface area contributed by atoms with E-state index in [4.69, 9.17) is 14.6 Å². The molecule has 8 nitrogen and oxygen atoms in total. The van der Waals surface area contributed by atoms with Gasteiger partial charge < -0.3 is 19.9 Å². The number of methoxy groups -OCH3 is 2. The first-order valence-corrected chi connectivity index (χ1v) is 12.0. The molecular formula is C26H25N4O4S+. The molecule has 4 aromatic rings. The summed E-state index contributed by atoms with van der Waals surface area (Å²) in [5, 5.41) is 19.2. The summed E-state index contributed by atoms with van der Waals surface area (Å²) in [6.07, 6.45) is -0.538. The Labute approximate surface area is 206 Å². The molecule has 1 aliphatic heterocycles. The van der Waals surface area contributed by atoms with Crippen LogP contribution in [-0.2, 0) is 5.75 Å². The Morgan fingerprint density at radius 2 is 1.74 bits per heavy atom. The van der Waals surface area contributed by atoms with Gasteiger partial charge in [0.25, 0.3) is 6.17 Å². The van der Waals surface area contributed by atoms with Crippen LogP contribution in [0.2, 0.25) is 0 Å². The van der Waals surface area contributed by atoms with Crippen LogP contribution < -0.4 is 25.0 Å². The van der Waals surface area contributed by atoms with Crippen molar-refractivity contribution < 1.29 is 19.3 Å². The zero-order valence-electron chi connectivity index (χ0n) is 19.5. The number of aromatic hydroxyl groups is 1. The lowest BCUT2D eigenvalue weighted by Crippen LogP contribution is -2.55. The van der Waals surface area contributed by atoms with E-state index in [0.717, 1.165) is 16.8 Å². The second kappa shape index (κ2) is 9.34. The number of nitrogens with one attached hydrogen (secondary N) is 2. The first-order valence-electron chi connectivity index (χ1n) is 11.0. The number of anilines is 1. The van der Waals surface area contributed by atoms with Crippen molar-refractivity contribution in [1.29, 1.82) is 0 Å². The quantitative estimate of drug-likeness (QED) is 0.278. The number of rotatable bonds is 6.